The van der Waals surface area contributed by atoms with Crippen LogP contribution in [-0.4, -0.2) is 43.2 Å². The zero-order valence-electron chi connectivity index (χ0n) is 12.2. The van der Waals surface area contributed by atoms with Crippen LogP contribution in [0.5, 0.6) is 0 Å². The van der Waals surface area contributed by atoms with E-state index in [-0.39, 0.29) is 6.29 Å². The molecule has 0 saturated carbocycles. The molecule has 1 atom stereocenters. The molecule has 1 heterocycles. The number of allylic oxidation sites excluding steroid dienone is 3. The Labute approximate surface area is 125 Å². The molecule has 0 amide bonds. The molecule has 1 fully saturated rings. The Morgan fingerprint density at radius 2 is 2.10 bits per heavy atom. The molecule has 3 N–H and O–H groups in total. The van der Waals surface area contributed by atoms with Gasteiger partial charge in [0.05, 0.1) is 13.2 Å². The van der Waals surface area contributed by atoms with Crippen molar-refractivity contribution in [3.63, 3.8) is 0 Å². The molecule has 0 aromatic carbocycles. The molecule has 118 valence electrons. The molecule has 0 aromatic rings. The number of carbonyl (C=O) groups is 1. The molecule has 1 unspecified atom stereocenters. The first-order valence-electron chi connectivity index (χ1n) is 6.64. The molecule has 1 aliphatic heterocycles. The number of nitrogens with two attached hydrogens (primary N) is 1. The topological polar surface area (TPSA) is 91.0 Å². The second-order valence-corrected chi connectivity index (χ2v) is 4.10. The number of carboxylic acid groups (broad SMARTS) is 1. The van der Waals surface area contributed by atoms with E-state index in [2.05, 4.69) is 12.8 Å². The zero-order valence-corrected chi connectivity index (χ0v) is 12.2. The number of rotatable bonds is 8. The van der Waals surface area contributed by atoms with Gasteiger partial charge in [-0.15, -0.1) is 12.8 Å². The largest absolute Gasteiger partial charge is 0.489 e. The highest BCUT2D eigenvalue weighted by Crippen LogP contribution is 2.08. The maximum atomic E-state index is 10.5. The van der Waals surface area contributed by atoms with Crippen LogP contribution in [-0.2, 0) is 19.0 Å². The third-order valence-corrected chi connectivity index (χ3v) is 2.61. The SMILES string of the molecule is C#C.C/C=C(\C=C/CCC(N)C(=O)O)OCC1OCCO1. The summed E-state index contributed by atoms with van der Waals surface area (Å²) in [5.74, 6) is -0.283. The van der Waals surface area contributed by atoms with Crippen molar-refractivity contribution in [2.45, 2.75) is 32.1 Å². The highest BCUT2D eigenvalue weighted by atomic mass is 16.7. The van der Waals surface area contributed by atoms with Gasteiger partial charge < -0.3 is 25.1 Å². The van der Waals surface area contributed by atoms with Crippen molar-refractivity contribution in [1.82, 2.24) is 0 Å². The van der Waals surface area contributed by atoms with E-state index in [9.17, 15) is 4.79 Å². The summed E-state index contributed by atoms with van der Waals surface area (Å²) in [5.41, 5.74) is 5.39. The monoisotopic (exact) mass is 297 g/mol. The molecule has 21 heavy (non-hydrogen) atoms. The van der Waals surface area contributed by atoms with Crippen molar-refractivity contribution in [2.24, 2.45) is 5.73 Å². The summed E-state index contributed by atoms with van der Waals surface area (Å²) in [6, 6.07) is -0.820. The Morgan fingerprint density at radius 1 is 1.48 bits per heavy atom. The lowest BCUT2D eigenvalue weighted by atomic mass is 10.1. The average molecular weight is 297 g/mol. The highest BCUT2D eigenvalue weighted by Gasteiger charge is 2.16. The summed E-state index contributed by atoms with van der Waals surface area (Å²) in [5, 5.41) is 8.63. The molecule has 1 saturated heterocycles. The molecule has 0 aliphatic carbocycles. The van der Waals surface area contributed by atoms with E-state index in [1.165, 1.54) is 0 Å². The minimum Gasteiger partial charge on any atom is -0.489 e. The number of terminal acetylenes is 1. The Balaban J connectivity index is 0.00000191. The van der Waals surface area contributed by atoms with Crippen LogP contribution in [0.1, 0.15) is 19.8 Å². The minimum atomic E-state index is -0.980. The van der Waals surface area contributed by atoms with Crippen LogP contribution in [0.3, 0.4) is 0 Å². The number of carboxylic acids is 1. The molecular formula is C15H23NO5. The van der Waals surface area contributed by atoms with Gasteiger partial charge in [-0.3, -0.25) is 4.79 Å². The lowest BCUT2D eigenvalue weighted by Gasteiger charge is -2.11. The van der Waals surface area contributed by atoms with Crippen molar-refractivity contribution in [3.05, 3.63) is 24.0 Å². The fourth-order valence-electron chi connectivity index (χ4n) is 1.49. The van der Waals surface area contributed by atoms with Gasteiger partial charge in [0.2, 0.25) is 0 Å². The van der Waals surface area contributed by atoms with Gasteiger partial charge in [0.15, 0.2) is 6.29 Å². The van der Waals surface area contributed by atoms with E-state index in [0.717, 1.165) is 0 Å². The number of hydrogen-bond donors (Lipinski definition) is 2. The van der Waals surface area contributed by atoms with Crippen LogP contribution >= 0.6 is 0 Å². The summed E-state index contributed by atoms with van der Waals surface area (Å²) in [4.78, 5) is 10.5. The van der Waals surface area contributed by atoms with Gasteiger partial charge in [-0.2, -0.15) is 0 Å². The second-order valence-electron chi connectivity index (χ2n) is 4.10. The van der Waals surface area contributed by atoms with Gasteiger partial charge in [-0.1, -0.05) is 6.08 Å². The predicted octanol–water partition coefficient (Wildman–Crippen LogP) is 1.28. The normalized spacial score (nSPS) is 17.2. The summed E-state index contributed by atoms with van der Waals surface area (Å²) < 4.78 is 16.0. The smallest absolute Gasteiger partial charge is 0.320 e. The second kappa shape index (κ2) is 12.0. The number of aliphatic carboxylic acids is 1. The van der Waals surface area contributed by atoms with Gasteiger partial charge in [0.25, 0.3) is 0 Å². The lowest BCUT2D eigenvalue weighted by Crippen LogP contribution is -2.29. The van der Waals surface area contributed by atoms with Crippen LogP contribution in [0, 0.1) is 12.8 Å². The van der Waals surface area contributed by atoms with Crippen LogP contribution in [0.25, 0.3) is 0 Å². The van der Waals surface area contributed by atoms with Crippen LogP contribution < -0.4 is 5.73 Å². The average Bonchev–Trinajstić information content (AvgIpc) is 3.01. The molecule has 6 heteroatoms. The quantitative estimate of drug-likeness (QED) is 0.398. The van der Waals surface area contributed by atoms with Gasteiger partial charge in [0, 0.05) is 0 Å². The zero-order chi connectivity index (χ0) is 16.1. The van der Waals surface area contributed by atoms with Gasteiger partial charge in [-0.05, 0) is 31.9 Å². The summed E-state index contributed by atoms with van der Waals surface area (Å²) >= 11 is 0. The first kappa shape index (κ1) is 19.2. The van der Waals surface area contributed by atoms with E-state index >= 15 is 0 Å². The van der Waals surface area contributed by atoms with Crippen molar-refractivity contribution in [1.29, 1.82) is 0 Å². The summed E-state index contributed by atoms with van der Waals surface area (Å²) in [6.45, 7) is 3.40. The maximum Gasteiger partial charge on any atom is 0.320 e. The molecule has 0 radical (unpaired) electrons. The molecule has 0 spiro atoms. The summed E-state index contributed by atoms with van der Waals surface area (Å²) in [7, 11) is 0. The van der Waals surface area contributed by atoms with Gasteiger partial charge in [-0.25, -0.2) is 0 Å². The molecule has 1 aliphatic rings. The fraction of sp³-hybridized carbons (Fsp3) is 0.533. The van der Waals surface area contributed by atoms with Gasteiger partial charge in [0.1, 0.15) is 18.4 Å². The van der Waals surface area contributed by atoms with Crippen LogP contribution in [0.15, 0.2) is 24.0 Å². The van der Waals surface area contributed by atoms with E-state index in [1.54, 1.807) is 6.08 Å². The minimum absolute atomic E-state index is 0.302. The van der Waals surface area contributed by atoms with E-state index in [1.807, 2.05) is 19.1 Å². The number of ether oxygens (including phenoxy) is 3. The third kappa shape index (κ3) is 8.87. The van der Waals surface area contributed by atoms with Crippen molar-refractivity contribution in [2.75, 3.05) is 19.8 Å². The lowest BCUT2D eigenvalue weighted by molar-refractivity contribution is -0.138. The van der Waals surface area contributed by atoms with Gasteiger partial charge >= 0.3 is 5.97 Å². The standard InChI is InChI=1S/C13H21NO5.C2H2/c1-2-10(19-9-12-17-7-8-18-12)5-3-4-6-11(14)13(15)16;1-2/h2-3,5,11-12H,4,6-9,14H2,1H3,(H,15,16);1-2H/b5-3-,10-2+;. The predicted molar refractivity (Wildman–Crippen MR) is 79.3 cm³/mol. The van der Waals surface area contributed by atoms with Crippen molar-refractivity contribution >= 4 is 5.97 Å². The molecule has 1 rings (SSSR count). The van der Waals surface area contributed by atoms with Crippen molar-refractivity contribution in [3.8, 4) is 12.8 Å². The van der Waals surface area contributed by atoms with Crippen LogP contribution in [0.2, 0.25) is 0 Å². The Morgan fingerprint density at radius 3 is 2.62 bits per heavy atom. The first-order valence-corrected chi connectivity index (χ1v) is 6.64. The Bertz CT molecular complexity index is 370. The number of hydrogen-bond acceptors (Lipinski definition) is 5. The maximum absolute atomic E-state index is 10.5. The highest BCUT2D eigenvalue weighted by molar-refractivity contribution is 5.72. The van der Waals surface area contributed by atoms with E-state index < -0.39 is 12.0 Å². The van der Waals surface area contributed by atoms with E-state index in [4.69, 9.17) is 25.1 Å². The molecule has 0 aromatic heterocycles. The molecule has 6 nitrogen and oxygen atoms in total. The molecular weight excluding hydrogens is 274 g/mol. The first-order chi connectivity index (χ1) is 10.1. The Kier molecular flexibility index (Phi) is 10.9. The van der Waals surface area contributed by atoms with Crippen molar-refractivity contribution < 1.29 is 24.1 Å². The Hall–Kier alpha value is -1.81. The third-order valence-electron chi connectivity index (χ3n) is 2.61. The molecule has 0 bridgehead atoms. The van der Waals surface area contributed by atoms with Crippen LogP contribution in [0.4, 0.5) is 0 Å². The fourth-order valence-corrected chi connectivity index (χ4v) is 1.49. The van der Waals surface area contributed by atoms with E-state index in [0.29, 0.717) is 38.4 Å². The summed E-state index contributed by atoms with van der Waals surface area (Å²) in [6.07, 6.45) is 14.1.